The molecular weight excluding hydrogens is 520 g/mol. The molecule has 0 saturated carbocycles. The number of hydrogen-bond acceptors (Lipinski definition) is 5. The van der Waals surface area contributed by atoms with Crippen LogP contribution in [0, 0.1) is 0 Å². The summed E-state index contributed by atoms with van der Waals surface area (Å²) >= 11 is 6.03. The Bertz CT molecular complexity index is 1180. The van der Waals surface area contributed by atoms with E-state index in [1.165, 1.54) is 9.80 Å². The monoisotopic (exact) mass is 554 g/mol. The van der Waals surface area contributed by atoms with Gasteiger partial charge >= 0.3 is 5.97 Å². The Morgan fingerprint density at radius 3 is 2.18 bits per heavy atom. The first-order valence-corrected chi connectivity index (χ1v) is 13.8. The van der Waals surface area contributed by atoms with Gasteiger partial charge in [-0.1, -0.05) is 54.1 Å². The fraction of sp³-hybridized carbons (Fsp3) is 0.448. The molecule has 4 N–H and O–H groups in total. The average molecular weight is 555 g/mol. The van der Waals surface area contributed by atoms with Crippen LogP contribution >= 0.6 is 11.6 Å². The smallest absolute Gasteiger partial charge is 0.326 e. The summed E-state index contributed by atoms with van der Waals surface area (Å²) in [4.78, 5) is 54.8. The molecule has 2 aliphatic rings. The molecule has 2 saturated heterocycles. The van der Waals surface area contributed by atoms with Crippen LogP contribution in [0.3, 0.4) is 0 Å². The van der Waals surface area contributed by atoms with Crippen LogP contribution in [-0.2, 0) is 32.0 Å². The number of nitrogens with one attached hydrogen (secondary N) is 1. The van der Waals surface area contributed by atoms with E-state index in [0.717, 1.165) is 11.1 Å². The second kappa shape index (κ2) is 13.1. The molecule has 9 nitrogen and oxygen atoms in total. The zero-order valence-electron chi connectivity index (χ0n) is 21.8. The van der Waals surface area contributed by atoms with Crippen molar-refractivity contribution in [3.05, 3.63) is 70.7 Å². The SMILES string of the molecule is N[C@H](CC(=O)N[C@@H](Cc1ccc(Cl)cc1)C(=O)N1CCC[C@H]1C(=O)N1CCC[C@H]1C(=O)O)Cc1ccccc1. The van der Waals surface area contributed by atoms with Crippen molar-refractivity contribution in [3.8, 4) is 0 Å². The number of benzene rings is 2. The van der Waals surface area contributed by atoms with Crippen LogP contribution in [0.2, 0.25) is 5.02 Å². The van der Waals surface area contributed by atoms with Gasteiger partial charge in [0.1, 0.15) is 18.1 Å². The van der Waals surface area contributed by atoms with Crippen LogP contribution in [0.1, 0.15) is 43.2 Å². The second-order valence-electron chi connectivity index (χ2n) is 10.3. The third-order valence-electron chi connectivity index (χ3n) is 7.42. The van der Waals surface area contributed by atoms with Crippen LogP contribution in [0.5, 0.6) is 0 Å². The van der Waals surface area contributed by atoms with E-state index in [0.29, 0.717) is 50.2 Å². The number of likely N-dealkylation sites (tertiary alicyclic amines) is 2. The fourth-order valence-corrected chi connectivity index (χ4v) is 5.63. The molecule has 208 valence electrons. The highest BCUT2D eigenvalue weighted by Gasteiger charge is 2.43. The Labute approximate surface area is 233 Å². The molecule has 0 radical (unpaired) electrons. The third kappa shape index (κ3) is 7.36. The largest absolute Gasteiger partial charge is 0.480 e. The van der Waals surface area contributed by atoms with Crippen molar-refractivity contribution in [1.29, 1.82) is 0 Å². The molecule has 0 unspecified atom stereocenters. The van der Waals surface area contributed by atoms with Crippen molar-refractivity contribution in [1.82, 2.24) is 15.1 Å². The average Bonchev–Trinajstić information content (AvgIpc) is 3.60. The zero-order chi connectivity index (χ0) is 27.9. The number of halogens is 1. The quantitative estimate of drug-likeness (QED) is 0.413. The first kappa shape index (κ1) is 28.6. The van der Waals surface area contributed by atoms with Gasteiger partial charge in [0, 0.05) is 37.0 Å². The number of aliphatic carboxylic acids is 1. The van der Waals surface area contributed by atoms with Crippen molar-refractivity contribution in [2.45, 2.75) is 69.1 Å². The second-order valence-corrected chi connectivity index (χ2v) is 10.8. The summed E-state index contributed by atoms with van der Waals surface area (Å²) in [6, 6.07) is 13.7. The number of rotatable bonds is 10. The van der Waals surface area contributed by atoms with Crippen molar-refractivity contribution in [2.75, 3.05) is 13.1 Å². The molecule has 0 aromatic heterocycles. The van der Waals surface area contributed by atoms with E-state index < -0.39 is 30.1 Å². The lowest BCUT2D eigenvalue weighted by Gasteiger charge is -2.32. The van der Waals surface area contributed by atoms with E-state index in [1.54, 1.807) is 24.3 Å². The first-order chi connectivity index (χ1) is 18.7. The summed E-state index contributed by atoms with van der Waals surface area (Å²) in [7, 11) is 0. The molecule has 4 rings (SSSR count). The van der Waals surface area contributed by atoms with Gasteiger partial charge in [-0.15, -0.1) is 0 Å². The zero-order valence-corrected chi connectivity index (χ0v) is 22.6. The molecule has 2 aliphatic heterocycles. The Morgan fingerprint density at radius 1 is 0.897 bits per heavy atom. The van der Waals surface area contributed by atoms with Crippen molar-refractivity contribution >= 4 is 35.3 Å². The predicted molar refractivity (Wildman–Crippen MR) is 147 cm³/mol. The molecule has 4 atom stereocenters. The molecule has 2 aromatic rings. The normalized spacial score (nSPS) is 20.5. The maximum atomic E-state index is 13.8. The van der Waals surface area contributed by atoms with Crippen LogP contribution in [-0.4, -0.2) is 75.9 Å². The summed E-state index contributed by atoms with van der Waals surface area (Å²) < 4.78 is 0. The van der Waals surface area contributed by atoms with E-state index in [2.05, 4.69) is 5.32 Å². The van der Waals surface area contributed by atoms with Gasteiger partial charge in [0.15, 0.2) is 0 Å². The number of nitrogens with zero attached hydrogens (tertiary/aromatic N) is 2. The van der Waals surface area contributed by atoms with Crippen LogP contribution in [0.25, 0.3) is 0 Å². The lowest BCUT2D eigenvalue weighted by atomic mass is 10.0. The summed E-state index contributed by atoms with van der Waals surface area (Å²) in [5.74, 6) is -2.08. The Hall–Kier alpha value is -3.43. The topological polar surface area (TPSA) is 133 Å². The summed E-state index contributed by atoms with van der Waals surface area (Å²) in [6.45, 7) is 0.722. The maximum absolute atomic E-state index is 13.8. The van der Waals surface area contributed by atoms with Gasteiger partial charge < -0.3 is 26.0 Å². The molecule has 3 amide bonds. The molecule has 2 fully saturated rings. The highest BCUT2D eigenvalue weighted by atomic mass is 35.5. The Kier molecular flexibility index (Phi) is 9.59. The minimum absolute atomic E-state index is 0.0374. The van der Waals surface area contributed by atoms with Crippen molar-refractivity contribution in [3.63, 3.8) is 0 Å². The number of hydrogen-bond donors (Lipinski definition) is 3. The van der Waals surface area contributed by atoms with E-state index >= 15 is 0 Å². The number of carbonyl (C=O) groups excluding carboxylic acids is 3. The number of carboxylic acids is 1. The van der Waals surface area contributed by atoms with Gasteiger partial charge in [-0.05, 0) is 55.4 Å². The lowest BCUT2D eigenvalue weighted by Crippen LogP contribution is -2.56. The summed E-state index contributed by atoms with van der Waals surface area (Å²) in [5.41, 5.74) is 8.07. The number of amides is 3. The highest BCUT2D eigenvalue weighted by Crippen LogP contribution is 2.26. The molecule has 2 heterocycles. The Morgan fingerprint density at radius 2 is 1.51 bits per heavy atom. The minimum atomic E-state index is -1.03. The van der Waals surface area contributed by atoms with Gasteiger partial charge in [0.05, 0.1) is 0 Å². The first-order valence-electron chi connectivity index (χ1n) is 13.4. The maximum Gasteiger partial charge on any atom is 0.326 e. The van der Waals surface area contributed by atoms with E-state index in [9.17, 15) is 24.3 Å². The van der Waals surface area contributed by atoms with Crippen LogP contribution in [0.4, 0.5) is 0 Å². The van der Waals surface area contributed by atoms with Gasteiger partial charge in [-0.25, -0.2) is 4.79 Å². The number of carboxylic acid groups (broad SMARTS) is 1. The molecule has 39 heavy (non-hydrogen) atoms. The van der Waals surface area contributed by atoms with Gasteiger partial charge in [0.2, 0.25) is 17.7 Å². The summed E-state index contributed by atoms with van der Waals surface area (Å²) in [6.07, 6.45) is 2.87. The number of carbonyl (C=O) groups is 4. The molecule has 0 bridgehead atoms. The van der Waals surface area contributed by atoms with Gasteiger partial charge in [-0.2, -0.15) is 0 Å². The molecular formula is C29H35ClN4O5. The lowest BCUT2D eigenvalue weighted by molar-refractivity contribution is -0.152. The number of nitrogens with two attached hydrogens (primary N) is 1. The van der Waals surface area contributed by atoms with Crippen molar-refractivity contribution in [2.24, 2.45) is 5.73 Å². The van der Waals surface area contributed by atoms with E-state index in [4.69, 9.17) is 17.3 Å². The minimum Gasteiger partial charge on any atom is -0.480 e. The molecule has 0 aliphatic carbocycles. The van der Waals surface area contributed by atoms with Gasteiger partial charge in [0.25, 0.3) is 0 Å². The molecule has 10 heteroatoms. The van der Waals surface area contributed by atoms with E-state index in [1.807, 2.05) is 30.3 Å². The fourth-order valence-electron chi connectivity index (χ4n) is 5.50. The van der Waals surface area contributed by atoms with Crippen molar-refractivity contribution < 1.29 is 24.3 Å². The van der Waals surface area contributed by atoms with Crippen LogP contribution in [0.15, 0.2) is 54.6 Å². The molecule has 0 spiro atoms. The van der Waals surface area contributed by atoms with E-state index in [-0.39, 0.29) is 30.6 Å². The highest BCUT2D eigenvalue weighted by molar-refractivity contribution is 6.30. The Balaban J connectivity index is 1.48. The van der Waals surface area contributed by atoms with Gasteiger partial charge in [-0.3, -0.25) is 14.4 Å². The molecule has 2 aromatic carbocycles. The standard InChI is InChI=1S/C29H35ClN4O5/c30-21-12-10-20(11-13-21)17-23(32-26(35)18-22(31)16-19-6-2-1-3-7-19)27(36)33-14-4-8-24(33)28(37)34-15-5-9-25(34)29(38)39/h1-3,6-7,10-13,22-25H,4-5,8-9,14-18,31H2,(H,32,35)(H,38,39)/t22-,23-,24-,25-/m0/s1. The summed E-state index contributed by atoms with van der Waals surface area (Å²) in [5, 5.41) is 13.0. The predicted octanol–water partition coefficient (Wildman–Crippen LogP) is 2.39. The van der Waals surface area contributed by atoms with Crippen LogP contribution < -0.4 is 11.1 Å². The third-order valence-corrected chi connectivity index (χ3v) is 7.67.